The van der Waals surface area contributed by atoms with E-state index in [1.54, 1.807) is 18.0 Å². The highest BCUT2D eigenvalue weighted by molar-refractivity contribution is 6.42. The van der Waals surface area contributed by atoms with Gasteiger partial charge in [-0.2, -0.15) is 0 Å². The average molecular weight is 303 g/mol. The van der Waals surface area contributed by atoms with Gasteiger partial charge < -0.3 is 10.6 Å². The normalized spacial score (nSPS) is 14.0. The van der Waals surface area contributed by atoms with E-state index >= 15 is 0 Å². The number of hydrogen-bond donors (Lipinski definition) is 1. The summed E-state index contributed by atoms with van der Waals surface area (Å²) in [4.78, 5) is 13.8. The first-order chi connectivity index (χ1) is 8.88. The lowest BCUT2D eigenvalue weighted by Crippen LogP contribution is -2.45. The third-order valence-corrected chi connectivity index (χ3v) is 4.22. The number of carbonyl (C=O) groups excluding carboxylic acids is 1. The first-order valence-corrected chi connectivity index (χ1v) is 7.07. The molecule has 0 fully saturated rings. The molecule has 0 radical (unpaired) electrons. The largest absolute Gasteiger partial charge is 0.340 e. The Bertz CT molecular complexity index is 451. The molecule has 0 spiro atoms. The van der Waals surface area contributed by atoms with Gasteiger partial charge in [0.1, 0.15) is 0 Å². The molecule has 1 aromatic rings. The molecule has 3 nitrogen and oxygen atoms in total. The van der Waals surface area contributed by atoms with Crippen molar-refractivity contribution >= 4 is 29.1 Å². The quantitative estimate of drug-likeness (QED) is 0.907. The molecular weight excluding hydrogens is 283 g/mol. The molecule has 0 aromatic heterocycles. The molecule has 2 N–H and O–H groups in total. The van der Waals surface area contributed by atoms with Gasteiger partial charge in [-0.3, -0.25) is 4.79 Å². The summed E-state index contributed by atoms with van der Waals surface area (Å²) in [5.41, 5.74) is 6.76. The second kappa shape index (κ2) is 7.13. The predicted molar refractivity (Wildman–Crippen MR) is 80.4 cm³/mol. The fraction of sp³-hybridized carbons (Fsp3) is 0.500. The fourth-order valence-electron chi connectivity index (χ4n) is 1.76. The van der Waals surface area contributed by atoms with Gasteiger partial charge in [0.05, 0.1) is 16.1 Å². The van der Waals surface area contributed by atoms with Gasteiger partial charge in [0.15, 0.2) is 0 Å². The van der Waals surface area contributed by atoms with Crippen LogP contribution in [0.5, 0.6) is 0 Å². The topological polar surface area (TPSA) is 46.3 Å². The number of rotatable bonds is 5. The summed E-state index contributed by atoms with van der Waals surface area (Å²) in [6, 6.07) is 4.91. The van der Waals surface area contributed by atoms with Crippen molar-refractivity contribution in [2.24, 2.45) is 11.7 Å². The molecule has 2 atom stereocenters. The molecule has 0 saturated carbocycles. The van der Waals surface area contributed by atoms with E-state index in [1.165, 1.54) is 0 Å². The number of carbonyl (C=O) groups is 1. The number of likely N-dealkylation sites (N-methyl/N-ethyl adjacent to an activating group) is 1. The molecule has 1 amide bonds. The molecular formula is C14H20Cl2N2O. The Balaban J connectivity index is 2.77. The van der Waals surface area contributed by atoms with E-state index in [0.29, 0.717) is 16.6 Å². The molecule has 0 aliphatic carbocycles. The summed E-state index contributed by atoms with van der Waals surface area (Å²) in [6.45, 7) is 4.40. The van der Waals surface area contributed by atoms with Gasteiger partial charge in [-0.15, -0.1) is 0 Å². The van der Waals surface area contributed by atoms with E-state index in [-0.39, 0.29) is 11.8 Å². The summed E-state index contributed by atoms with van der Waals surface area (Å²) in [5.74, 6) is 0.0789. The predicted octanol–water partition coefficient (Wildman–Crippen LogP) is 3.33. The number of halogens is 2. The standard InChI is InChI=1S/C14H20Cl2N2O/c1-4-9(2)13(17)14(19)18(3)8-10-6-5-7-11(15)12(10)16/h5-7,9,13H,4,8,17H2,1-3H3/t9-,13-/m0/s1. The van der Waals surface area contributed by atoms with Crippen molar-refractivity contribution in [2.75, 3.05) is 7.05 Å². The second-order valence-corrected chi connectivity index (χ2v) is 5.60. The lowest BCUT2D eigenvalue weighted by Gasteiger charge is -2.25. The highest BCUT2D eigenvalue weighted by atomic mass is 35.5. The van der Waals surface area contributed by atoms with Crippen molar-refractivity contribution in [3.05, 3.63) is 33.8 Å². The highest BCUT2D eigenvalue weighted by Gasteiger charge is 2.23. The molecule has 19 heavy (non-hydrogen) atoms. The van der Waals surface area contributed by atoms with Gasteiger partial charge in [0.2, 0.25) is 5.91 Å². The van der Waals surface area contributed by atoms with Gasteiger partial charge in [-0.1, -0.05) is 55.6 Å². The van der Waals surface area contributed by atoms with Crippen LogP contribution in [0.15, 0.2) is 18.2 Å². The molecule has 5 heteroatoms. The maximum Gasteiger partial charge on any atom is 0.239 e. The van der Waals surface area contributed by atoms with Crippen molar-refractivity contribution in [1.29, 1.82) is 0 Å². The minimum atomic E-state index is -0.479. The van der Waals surface area contributed by atoms with Crippen LogP contribution in [0, 0.1) is 5.92 Å². The first kappa shape index (κ1) is 16.3. The van der Waals surface area contributed by atoms with Crippen molar-refractivity contribution in [3.63, 3.8) is 0 Å². The summed E-state index contributed by atoms with van der Waals surface area (Å²) in [7, 11) is 1.72. The van der Waals surface area contributed by atoms with Crippen LogP contribution < -0.4 is 5.73 Å². The van der Waals surface area contributed by atoms with Gasteiger partial charge in [0.25, 0.3) is 0 Å². The van der Waals surface area contributed by atoms with E-state index in [0.717, 1.165) is 12.0 Å². The lowest BCUT2D eigenvalue weighted by molar-refractivity contribution is -0.132. The summed E-state index contributed by atoms with van der Waals surface area (Å²) in [5, 5.41) is 0.979. The zero-order chi connectivity index (χ0) is 14.6. The van der Waals surface area contributed by atoms with Crippen molar-refractivity contribution < 1.29 is 4.79 Å². The highest BCUT2D eigenvalue weighted by Crippen LogP contribution is 2.26. The van der Waals surface area contributed by atoms with E-state index in [2.05, 4.69) is 0 Å². The summed E-state index contributed by atoms with van der Waals surface area (Å²) >= 11 is 12.1. The molecule has 0 heterocycles. The minimum absolute atomic E-state index is 0.0783. The molecule has 0 bridgehead atoms. The average Bonchev–Trinajstić information content (AvgIpc) is 2.41. The van der Waals surface area contributed by atoms with E-state index in [9.17, 15) is 4.79 Å². The summed E-state index contributed by atoms with van der Waals surface area (Å²) < 4.78 is 0. The van der Waals surface area contributed by atoms with Gasteiger partial charge in [-0.25, -0.2) is 0 Å². The monoisotopic (exact) mass is 302 g/mol. The molecule has 1 aromatic carbocycles. The fourth-order valence-corrected chi connectivity index (χ4v) is 2.14. The van der Waals surface area contributed by atoms with Gasteiger partial charge >= 0.3 is 0 Å². The van der Waals surface area contributed by atoms with Crippen LogP contribution in [0.2, 0.25) is 10.0 Å². The van der Waals surface area contributed by atoms with Crippen molar-refractivity contribution in [2.45, 2.75) is 32.9 Å². The Morgan fingerprint density at radius 2 is 2.05 bits per heavy atom. The number of nitrogens with zero attached hydrogens (tertiary/aromatic N) is 1. The Morgan fingerprint density at radius 3 is 2.63 bits per heavy atom. The van der Waals surface area contributed by atoms with Crippen LogP contribution in [0.3, 0.4) is 0 Å². The third-order valence-electron chi connectivity index (χ3n) is 3.36. The van der Waals surface area contributed by atoms with Crippen molar-refractivity contribution in [1.82, 2.24) is 4.90 Å². The Hall–Kier alpha value is -0.770. The first-order valence-electron chi connectivity index (χ1n) is 6.31. The molecule has 0 aliphatic rings. The Kier molecular flexibility index (Phi) is 6.11. The lowest BCUT2D eigenvalue weighted by atomic mass is 9.99. The Morgan fingerprint density at radius 1 is 1.42 bits per heavy atom. The van der Waals surface area contributed by atoms with Crippen LogP contribution in [-0.4, -0.2) is 23.9 Å². The summed E-state index contributed by atoms with van der Waals surface area (Å²) in [6.07, 6.45) is 0.874. The van der Waals surface area contributed by atoms with Gasteiger partial charge in [-0.05, 0) is 17.5 Å². The van der Waals surface area contributed by atoms with E-state index in [1.807, 2.05) is 26.0 Å². The van der Waals surface area contributed by atoms with Gasteiger partial charge in [0, 0.05) is 13.6 Å². The number of hydrogen-bond acceptors (Lipinski definition) is 2. The maximum atomic E-state index is 12.2. The minimum Gasteiger partial charge on any atom is -0.340 e. The van der Waals surface area contributed by atoms with Crippen LogP contribution in [0.4, 0.5) is 0 Å². The number of amides is 1. The van der Waals surface area contributed by atoms with E-state index < -0.39 is 6.04 Å². The molecule has 106 valence electrons. The zero-order valence-corrected chi connectivity index (χ0v) is 13.0. The molecule has 0 aliphatic heterocycles. The third kappa shape index (κ3) is 4.10. The van der Waals surface area contributed by atoms with E-state index in [4.69, 9.17) is 28.9 Å². The SMILES string of the molecule is CC[C@H](C)[C@H](N)C(=O)N(C)Cc1cccc(Cl)c1Cl. The maximum absolute atomic E-state index is 12.2. The van der Waals surface area contributed by atoms with Crippen molar-refractivity contribution in [3.8, 4) is 0 Å². The van der Waals surface area contributed by atoms with Crippen LogP contribution in [0.25, 0.3) is 0 Å². The van der Waals surface area contributed by atoms with Crippen LogP contribution in [-0.2, 0) is 11.3 Å². The second-order valence-electron chi connectivity index (χ2n) is 4.82. The zero-order valence-electron chi connectivity index (χ0n) is 11.5. The Labute approximate surface area is 124 Å². The molecule has 0 saturated heterocycles. The van der Waals surface area contributed by atoms with Crippen LogP contribution >= 0.6 is 23.2 Å². The molecule has 0 unspecified atom stereocenters. The molecule has 1 rings (SSSR count). The number of benzene rings is 1. The number of nitrogens with two attached hydrogens (primary N) is 1. The van der Waals surface area contributed by atoms with Crippen LogP contribution in [0.1, 0.15) is 25.8 Å². The smallest absolute Gasteiger partial charge is 0.239 e.